The molecular weight excluding hydrogens is 278 g/mol. The summed E-state index contributed by atoms with van der Waals surface area (Å²) in [6.45, 7) is 3.42. The Morgan fingerprint density at radius 3 is 2.60 bits per heavy atom. The Balaban J connectivity index is 2.10. The second-order valence-electron chi connectivity index (χ2n) is 5.58. The molecule has 20 heavy (non-hydrogen) atoms. The molecule has 1 heterocycles. The molecule has 1 fully saturated rings. The first-order valence-corrected chi connectivity index (χ1v) is 7.28. The van der Waals surface area contributed by atoms with E-state index in [0.717, 1.165) is 11.3 Å². The quantitative estimate of drug-likeness (QED) is 0.896. The fourth-order valence-electron chi connectivity index (χ4n) is 2.53. The van der Waals surface area contributed by atoms with Crippen LogP contribution in [-0.2, 0) is 4.74 Å². The Morgan fingerprint density at radius 2 is 2.05 bits per heavy atom. The van der Waals surface area contributed by atoms with Crippen molar-refractivity contribution in [2.24, 2.45) is 0 Å². The van der Waals surface area contributed by atoms with Crippen LogP contribution in [0.2, 0.25) is 5.02 Å². The minimum absolute atomic E-state index is 0.518. The maximum absolute atomic E-state index is 10.5. The highest BCUT2D eigenvalue weighted by atomic mass is 35.5. The molecule has 0 spiro atoms. The fourth-order valence-corrected chi connectivity index (χ4v) is 2.86. The number of hydrogen-bond donors (Lipinski definition) is 2. The molecule has 1 aliphatic rings. The van der Waals surface area contributed by atoms with Crippen LogP contribution in [0, 0.1) is 0 Å². The number of aliphatic hydroxyl groups is 2. The smallest absolute Gasteiger partial charge is 0.0865 e. The lowest BCUT2D eigenvalue weighted by Crippen LogP contribution is -2.45. The summed E-state index contributed by atoms with van der Waals surface area (Å²) in [6, 6.07) is 5.51. The number of anilines is 1. The number of aliphatic hydroxyl groups excluding tert-OH is 1. The lowest BCUT2D eigenvalue weighted by molar-refractivity contribution is -0.0572. The molecule has 1 saturated heterocycles. The molecule has 0 amide bonds. The van der Waals surface area contributed by atoms with E-state index in [1.807, 2.05) is 24.1 Å². The highest BCUT2D eigenvalue weighted by Crippen LogP contribution is 2.30. The average molecular weight is 300 g/mol. The summed E-state index contributed by atoms with van der Waals surface area (Å²) in [5.74, 6) is 0. The van der Waals surface area contributed by atoms with Gasteiger partial charge in [0.25, 0.3) is 0 Å². The normalized spacial score (nSPS) is 19.6. The molecule has 2 N–H and O–H groups in total. The monoisotopic (exact) mass is 299 g/mol. The minimum Gasteiger partial charge on any atom is -0.389 e. The fraction of sp³-hybridized carbons (Fsp3) is 0.600. The molecule has 1 aliphatic heterocycles. The maximum atomic E-state index is 10.5. The Hall–Kier alpha value is -0.810. The number of hydrogen-bond acceptors (Lipinski definition) is 4. The highest BCUT2D eigenvalue weighted by molar-refractivity contribution is 6.33. The third-order valence-electron chi connectivity index (χ3n) is 3.82. The van der Waals surface area contributed by atoms with Gasteiger partial charge in [-0.2, -0.15) is 0 Å². The highest BCUT2D eigenvalue weighted by Gasteiger charge is 2.31. The lowest BCUT2D eigenvalue weighted by Gasteiger charge is -2.36. The molecule has 4 nitrogen and oxygen atoms in total. The van der Waals surface area contributed by atoms with Gasteiger partial charge >= 0.3 is 0 Å². The van der Waals surface area contributed by atoms with E-state index in [-0.39, 0.29) is 0 Å². The molecule has 1 aromatic rings. The van der Waals surface area contributed by atoms with E-state index < -0.39 is 11.7 Å². The van der Waals surface area contributed by atoms with E-state index in [1.54, 1.807) is 13.0 Å². The molecule has 2 rings (SSSR count). The summed E-state index contributed by atoms with van der Waals surface area (Å²) >= 11 is 6.27. The molecule has 0 unspecified atom stereocenters. The molecule has 1 atom stereocenters. The van der Waals surface area contributed by atoms with E-state index in [9.17, 15) is 10.2 Å². The Kier molecular flexibility index (Phi) is 4.91. The van der Waals surface area contributed by atoms with Crippen LogP contribution in [0.25, 0.3) is 0 Å². The number of rotatable bonds is 4. The number of benzene rings is 1. The van der Waals surface area contributed by atoms with Crippen molar-refractivity contribution in [1.29, 1.82) is 0 Å². The molecule has 0 bridgehead atoms. The van der Waals surface area contributed by atoms with Gasteiger partial charge in [0.1, 0.15) is 0 Å². The van der Waals surface area contributed by atoms with Gasteiger partial charge in [0.15, 0.2) is 0 Å². The summed E-state index contributed by atoms with van der Waals surface area (Å²) in [6.07, 6.45) is 0.744. The Morgan fingerprint density at radius 1 is 1.40 bits per heavy atom. The molecule has 5 heteroatoms. The van der Waals surface area contributed by atoms with Gasteiger partial charge in [0.2, 0.25) is 0 Å². The van der Waals surface area contributed by atoms with Gasteiger partial charge in [-0.25, -0.2) is 0 Å². The largest absolute Gasteiger partial charge is 0.389 e. The molecular formula is C15H22ClNO3. The average Bonchev–Trinajstić information content (AvgIpc) is 2.38. The molecule has 0 aliphatic carbocycles. The predicted molar refractivity (Wildman–Crippen MR) is 80.4 cm³/mol. The SMILES string of the molecule is C[C@H](O)c1ccc(N(C)CC2(O)CCOCC2)c(Cl)c1. The number of ether oxygens (including phenoxy) is 1. The summed E-state index contributed by atoms with van der Waals surface area (Å²) in [7, 11) is 1.91. The maximum Gasteiger partial charge on any atom is 0.0865 e. The topological polar surface area (TPSA) is 52.9 Å². The molecule has 0 aromatic heterocycles. The first-order valence-electron chi connectivity index (χ1n) is 6.90. The van der Waals surface area contributed by atoms with Gasteiger partial charge in [0.05, 0.1) is 22.4 Å². The van der Waals surface area contributed by atoms with Crippen molar-refractivity contribution in [2.75, 3.05) is 31.7 Å². The Labute approximate surface area is 124 Å². The third kappa shape index (κ3) is 3.64. The summed E-state index contributed by atoms with van der Waals surface area (Å²) in [4.78, 5) is 1.96. The van der Waals surface area contributed by atoms with Crippen LogP contribution in [0.3, 0.4) is 0 Å². The van der Waals surface area contributed by atoms with Gasteiger partial charge in [-0.15, -0.1) is 0 Å². The van der Waals surface area contributed by atoms with Crippen molar-refractivity contribution in [1.82, 2.24) is 0 Å². The van der Waals surface area contributed by atoms with Gasteiger partial charge in [0, 0.05) is 39.6 Å². The number of likely N-dealkylation sites (N-methyl/N-ethyl adjacent to an activating group) is 1. The van der Waals surface area contributed by atoms with E-state index in [0.29, 0.717) is 37.6 Å². The second kappa shape index (κ2) is 6.31. The zero-order valence-electron chi connectivity index (χ0n) is 12.0. The van der Waals surface area contributed by atoms with Crippen LogP contribution < -0.4 is 4.90 Å². The predicted octanol–water partition coefficient (Wildman–Crippen LogP) is 2.37. The zero-order valence-corrected chi connectivity index (χ0v) is 12.7. The van der Waals surface area contributed by atoms with Crippen molar-refractivity contribution in [2.45, 2.75) is 31.5 Å². The van der Waals surface area contributed by atoms with Crippen LogP contribution in [0.15, 0.2) is 18.2 Å². The number of nitrogens with zero attached hydrogens (tertiary/aromatic N) is 1. The van der Waals surface area contributed by atoms with E-state index in [1.165, 1.54) is 0 Å². The first kappa shape index (κ1) is 15.6. The molecule has 0 saturated carbocycles. The van der Waals surface area contributed by atoms with E-state index >= 15 is 0 Å². The molecule has 0 radical (unpaired) electrons. The summed E-state index contributed by atoms with van der Waals surface area (Å²) in [5.41, 5.74) is 0.923. The summed E-state index contributed by atoms with van der Waals surface area (Å²) in [5, 5.41) is 20.7. The van der Waals surface area contributed by atoms with E-state index in [2.05, 4.69) is 0 Å². The van der Waals surface area contributed by atoms with Crippen molar-refractivity contribution in [3.05, 3.63) is 28.8 Å². The Bertz CT molecular complexity index is 458. The molecule has 112 valence electrons. The minimum atomic E-state index is -0.723. The van der Waals surface area contributed by atoms with Crippen molar-refractivity contribution in [3.8, 4) is 0 Å². The lowest BCUT2D eigenvalue weighted by atomic mass is 9.93. The second-order valence-corrected chi connectivity index (χ2v) is 5.99. The van der Waals surface area contributed by atoms with Gasteiger partial charge in [-0.1, -0.05) is 17.7 Å². The zero-order chi connectivity index (χ0) is 14.8. The first-order chi connectivity index (χ1) is 9.41. The standard InChI is InChI=1S/C15H22ClNO3/c1-11(18)12-3-4-14(13(16)9-12)17(2)10-15(19)5-7-20-8-6-15/h3-4,9,11,18-19H,5-8,10H2,1-2H3/t11-/m0/s1. The van der Waals surface area contributed by atoms with Crippen LogP contribution in [0.4, 0.5) is 5.69 Å². The van der Waals surface area contributed by atoms with Crippen LogP contribution in [-0.4, -0.2) is 42.6 Å². The van der Waals surface area contributed by atoms with Crippen LogP contribution in [0.5, 0.6) is 0 Å². The van der Waals surface area contributed by atoms with Gasteiger partial charge in [-0.05, 0) is 24.6 Å². The van der Waals surface area contributed by atoms with Gasteiger partial charge in [-0.3, -0.25) is 0 Å². The van der Waals surface area contributed by atoms with Crippen LogP contribution >= 0.6 is 11.6 Å². The number of halogens is 1. The summed E-state index contributed by atoms with van der Waals surface area (Å²) < 4.78 is 5.29. The van der Waals surface area contributed by atoms with Crippen molar-refractivity contribution in [3.63, 3.8) is 0 Å². The van der Waals surface area contributed by atoms with E-state index in [4.69, 9.17) is 16.3 Å². The third-order valence-corrected chi connectivity index (χ3v) is 4.12. The van der Waals surface area contributed by atoms with Crippen molar-refractivity contribution >= 4 is 17.3 Å². The van der Waals surface area contributed by atoms with Crippen molar-refractivity contribution < 1.29 is 14.9 Å². The van der Waals surface area contributed by atoms with Crippen LogP contribution in [0.1, 0.15) is 31.4 Å². The molecule has 1 aromatic carbocycles. The van der Waals surface area contributed by atoms with Gasteiger partial charge < -0.3 is 19.8 Å².